The van der Waals surface area contributed by atoms with Gasteiger partial charge >= 0.3 is 0 Å². The van der Waals surface area contributed by atoms with E-state index < -0.39 is 0 Å². The molecule has 0 radical (unpaired) electrons. The molecule has 0 bridgehead atoms. The first-order chi connectivity index (χ1) is 16.3. The van der Waals surface area contributed by atoms with Gasteiger partial charge in [0.05, 0.1) is 16.8 Å². The third-order valence-corrected chi connectivity index (χ3v) is 6.31. The largest absolute Gasteiger partial charge is 0.342 e. The molecule has 0 aliphatic carbocycles. The Morgan fingerprint density at radius 3 is 2.76 bits per heavy atom. The van der Waals surface area contributed by atoms with E-state index in [1.54, 1.807) is 6.33 Å². The third kappa shape index (κ3) is 3.49. The highest BCUT2D eigenvalue weighted by atomic mass is 15.0. The fraction of sp³-hybridized carbons (Fsp3) is 0.148. The fourth-order valence-electron chi connectivity index (χ4n) is 4.65. The Labute approximate surface area is 191 Å². The summed E-state index contributed by atoms with van der Waals surface area (Å²) in [4.78, 5) is 12.6. The zero-order valence-electron chi connectivity index (χ0n) is 18.0. The second-order valence-corrected chi connectivity index (χ2v) is 8.35. The summed E-state index contributed by atoms with van der Waals surface area (Å²) in [6.07, 6.45) is 6.77. The number of benzene rings is 2. The standard InChI is InChI=1S/C27H22N6/c28-14-21-16-33(15-18-4-2-1-3-5-18)25-12-20(6-7-22(21)25)26-23-13-24(19-8-10-29-11-9-19)32-27(23)31-17-30-26/h1-8,12-13,16-17,29H,9-11,15H2,(H,30,31,32). The molecular weight excluding hydrogens is 408 g/mol. The van der Waals surface area contributed by atoms with Crippen LogP contribution in [0.3, 0.4) is 0 Å². The van der Waals surface area contributed by atoms with Crippen molar-refractivity contribution >= 4 is 27.5 Å². The van der Waals surface area contributed by atoms with Crippen molar-refractivity contribution in [3.63, 3.8) is 0 Å². The molecule has 4 heterocycles. The molecule has 1 aliphatic rings. The third-order valence-electron chi connectivity index (χ3n) is 6.31. The monoisotopic (exact) mass is 430 g/mol. The Kier molecular flexibility index (Phi) is 4.75. The maximum absolute atomic E-state index is 9.67. The number of aromatic nitrogens is 4. The number of hydrogen-bond donors (Lipinski definition) is 2. The van der Waals surface area contributed by atoms with Gasteiger partial charge in [-0.3, -0.25) is 0 Å². The van der Waals surface area contributed by atoms with Gasteiger partial charge < -0.3 is 14.9 Å². The quantitative estimate of drug-likeness (QED) is 0.426. The molecule has 6 heteroatoms. The Hall–Kier alpha value is -4.21. The number of nitrogens with zero attached hydrogens (tertiary/aromatic N) is 4. The SMILES string of the molecule is N#Cc1cn(Cc2ccccc2)c2cc(-c3ncnc4[nH]c(C5=CCNCC5)cc34)ccc12. The average molecular weight is 431 g/mol. The summed E-state index contributed by atoms with van der Waals surface area (Å²) < 4.78 is 2.15. The molecule has 33 heavy (non-hydrogen) atoms. The van der Waals surface area contributed by atoms with Crippen LogP contribution in [0.25, 0.3) is 38.8 Å². The van der Waals surface area contributed by atoms with Gasteiger partial charge in [-0.1, -0.05) is 48.5 Å². The molecule has 0 unspecified atom stereocenters. The van der Waals surface area contributed by atoms with Crippen molar-refractivity contribution in [3.05, 3.63) is 90.0 Å². The fourth-order valence-corrected chi connectivity index (χ4v) is 4.65. The highest BCUT2D eigenvalue weighted by molar-refractivity contribution is 5.97. The molecule has 0 saturated heterocycles. The van der Waals surface area contributed by atoms with Crippen LogP contribution in [-0.2, 0) is 6.54 Å². The van der Waals surface area contributed by atoms with Gasteiger partial charge in [-0.15, -0.1) is 0 Å². The van der Waals surface area contributed by atoms with Gasteiger partial charge in [0.15, 0.2) is 0 Å². The van der Waals surface area contributed by atoms with Crippen LogP contribution in [0.15, 0.2) is 73.2 Å². The van der Waals surface area contributed by atoms with Crippen LogP contribution >= 0.6 is 0 Å². The zero-order valence-corrected chi connectivity index (χ0v) is 18.0. The van der Waals surface area contributed by atoms with Crippen molar-refractivity contribution < 1.29 is 0 Å². The second-order valence-electron chi connectivity index (χ2n) is 8.35. The van der Waals surface area contributed by atoms with E-state index in [9.17, 15) is 5.26 Å². The van der Waals surface area contributed by atoms with E-state index in [2.05, 4.69) is 61.2 Å². The van der Waals surface area contributed by atoms with Crippen molar-refractivity contribution in [2.75, 3.05) is 13.1 Å². The van der Waals surface area contributed by atoms with Crippen LogP contribution in [0.4, 0.5) is 0 Å². The maximum Gasteiger partial charge on any atom is 0.141 e. The minimum atomic E-state index is 0.682. The summed E-state index contributed by atoms with van der Waals surface area (Å²) in [5, 5.41) is 15.0. The minimum absolute atomic E-state index is 0.682. The molecule has 5 aromatic rings. The van der Waals surface area contributed by atoms with Crippen LogP contribution in [0.2, 0.25) is 0 Å². The Bertz CT molecular complexity index is 1550. The average Bonchev–Trinajstić information content (AvgIpc) is 3.46. The Balaban J connectivity index is 1.47. The lowest BCUT2D eigenvalue weighted by Gasteiger charge is -2.12. The number of fused-ring (bicyclic) bond motifs is 2. The lowest BCUT2D eigenvalue weighted by molar-refractivity contribution is 0.737. The van der Waals surface area contributed by atoms with Gasteiger partial charge in [-0.2, -0.15) is 5.26 Å². The van der Waals surface area contributed by atoms with Crippen molar-refractivity contribution in [1.82, 2.24) is 24.8 Å². The number of H-pyrrole nitrogens is 1. The molecule has 6 rings (SSSR count). The zero-order chi connectivity index (χ0) is 22.2. The van der Waals surface area contributed by atoms with Crippen LogP contribution in [0.1, 0.15) is 23.2 Å². The van der Waals surface area contributed by atoms with E-state index in [1.807, 2.05) is 36.5 Å². The van der Waals surface area contributed by atoms with Gasteiger partial charge in [0, 0.05) is 41.3 Å². The molecule has 2 N–H and O–H groups in total. The first kappa shape index (κ1) is 19.5. The van der Waals surface area contributed by atoms with Crippen molar-refractivity contribution in [3.8, 4) is 17.3 Å². The number of rotatable bonds is 4. The Morgan fingerprint density at radius 1 is 1.03 bits per heavy atom. The van der Waals surface area contributed by atoms with Crippen LogP contribution in [0.5, 0.6) is 0 Å². The van der Waals surface area contributed by atoms with Gasteiger partial charge in [0.25, 0.3) is 0 Å². The van der Waals surface area contributed by atoms with E-state index in [1.165, 1.54) is 11.1 Å². The van der Waals surface area contributed by atoms with Crippen molar-refractivity contribution in [2.24, 2.45) is 0 Å². The highest BCUT2D eigenvalue weighted by Crippen LogP contribution is 2.32. The first-order valence-corrected chi connectivity index (χ1v) is 11.1. The normalized spacial score (nSPS) is 13.8. The molecule has 1 aliphatic heterocycles. The van der Waals surface area contributed by atoms with Gasteiger partial charge in [0.1, 0.15) is 18.0 Å². The van der Waals surface area contributed by atoms with E-state index >= 15 is 0 Å². The van der Waals surface area contributed by atoms with E-state index in [0.29, 0.717) is 12.1 Å². The number of hydrogen-bond acceptors (Lipinski definition) is 4. The highest BCUT2D eigenvalue weighted by Gasteiger charge is 2.16. The molecule has 0 amide bonds. The van der Waals surface area contributed by atoms with Crippen LogP contribution in [0, 0.1) is 11.3 Å². The summed E-state index contributed by atoms with van der Waals surface area (Å²) in [5.41, 5.74) is 8.06. The molecule has 2 aromatic carbocycles. The molecule has 3 aromatic heterocycles. The Morgan fingerprint density at radius 2 is 1.94 bits per heavy atom. The van der Waals surface area contributed by atoms with Crippen LogP contribution < -0.4 is 5.32 Å². The van der Waals surface area contributed by atoms with E-state index in [0.717, 1.165) is 58.4 Å². The van der Waals surface area contributed by atoms with Crippen molar-refractivity contribution in [2.45, 2.75) is 13.0 Å². The van der Waals surface area contributed by atoms with E-state index in [-0.39, 0.29) is 0 Å². The summed E-state index contributed by atoms with van der Waals surface area (Å²) in [6, 6.07) is 21.0. The molecule has 160 valence electrons. The van der Waals surface area contributed by atoms with Gasteiger partial charge in [0.2, 0.25) is 0 Å². The molecule has 0 atom stereocenters. The summed E-state index contributed by atoms with van der Waals surface area (Å²) in [7, 11) is 0. The molecule has 6 nitrogen and oxygen atoms in total. The summed E-state index contributed by atoms with van der Waals surface area (Å²) >= 11 is 0. The number of nitrogens with one attached hydrogen (secondary N) is 2. The molecule has 0 saturated carbocycles. The minimum Gasteiger partial charge on any atom is -0.342 e. The molecular formula is C27H22N6. The summed E-state index contributed by atoms with van der Waals surface area (Å²) in [5.74, 6) is 0. The first-order valence-electron chi connectivity index (χ1n) is 11.1. The predicted octanol–water partition coefficient (Wildman–Crippen LogP) is 4.88. The summed E-state index contributed by atoms with van der Waals surface area (Å²) in [6.45, 7) is 2.58. The second kappa shape index (κ2) is 8.05. The lowest BCUT2D eigenvalue weighted by atomic mass is 10.0. The molecule has 0 fully saturated rings. The predicted molar refractivity (Wildman–Crippen MR) is 131 cm³/mol. The van der Waals surface area contributed by atoms with Gasteiger partial charge in [-0.05, 0) is 36.2 Å². The topological polar surface area (TPSA) is 82.3 Å². The number of aromatic amines is 1. The van der Waals surface area contributed by atoms with Gasteiger partial charge in [-0.25, -0.2) is 9.97 Å². The smallest absolute Gasteiger partial charge is 0.141 e. The molecule has 0 spiro atoms. The van der Waals surface area contributed by atoms with Crippen LogP contribution in [-0.4, -0.2) is 32.6 Å². The van der Waals surface area contributed by atoms with E-state index in [4.69, 9.17) is 0 Å². The number of nitriles is 1. The maximum atomic E-state index is 9.67. The van der Waals surface area contributed by atoms with Crippen molar-refractivity contribution in [1.29, 1.82) is 5.26 Å². The lowest BCUT2D eigenvalue weighted by Crippen LogP contribution is -2.20.